The fourth-order valence-corrected chi connectivity index (χ4v) is 3.17. The van der Waals surface area contributed by atoms with Crippen LogP contribution in [0.5, 0.6) is 0 Å². The quantitative estimate of drug-likeness (QED) is 0.649. The Morgan fingerprint density at radius 3 is 2.60 bits per heavy atom. The summed E-state index contributed by atoms with van der Waals surface area (Å²) in [5.74, 6) is -1.12. The third-order valence-electron chi connectivity index (χ3n) is 4.46. The SMILES string of the molecule is CN(C)c1cccc(-c2[nH]c3c(F)cc(F)cc3c2CCCCN)c1. The number of nitrogens with zero attached hydrogens (tertiary/aromatic N) is 1. The van der Waals surface area contributed by atoms with Crippen molar-refractivity contribution in [1.29, 1.82) is 0 Å². The van der Waals surface area contributed by atoms with E-state index in [1.165, 1.54) is 6.07 Å². The number of aromatic amines is 1. The van der Waals surface area contributed by atoms with Crippen molar-refractivity contribution in [3.05, 3.63) is 53.6 Å². The lowest BCUT2D eigenvalue weighted by molar-refractivity contribution is 0.591. The predicted molar refractivity (Wildman–Crippen MR) is 100.0 cm³/mol. The van der Waals surface area contributed by atoms with Crippen LogP contribution in [0, 0.1) is 11.6 Å². The molecule has 0 aliphatic carbocycles. The Morgan fingerprint density at radius 2 is 1.88 bits per heavy atom. The number of nitrogens with two attached hydrogens (primary N) is 1. The number of fused-ring (bicyclic) bond motifs is 1. The van der Waals surface area contributed by atoms with E-state index in [1.54, 1.807) is 0 Å². The summed E-state index contributed by atoms with van der Waals surface area (Å²) in [6, 6.07) is 10.3. The number of H-pyrrole nitrogens is 1. The third kappa shape index (κ3) is 3.51. The summed E-state index contributed by atoms with van der Waals surface area (Å²) in [7, 11) is 3.95. The molecule has 1 heterocycles. The molecule has 25 heavy (non-hydrogen) atoms. The monoisotopic (exact) mass is 343 g/mol. The molecule has 3 rings (SSSR count). The molecule has 0 unspecified atom stereocenters. The summed E-state index contributed by atoms with van der Waals surface area (Å²) in [6.45, 7) is 0.608. The summed E-state index contributed by atoms with van der Waals surface area (Å²) in [5.41, 5.74) is 9.76. The molecule has 0 bridgehead atoms. The van der Waals surface area contributed by atoms with Crippen molar-refractivity contribution >= 4 is 16.6 Å². The fraction of sp³-hybridized carbons (Fsp3) is 0.300. The summed E-state index contributed by atoms with van der Waals surface area (Å²) < 4.78 is 28.0. The van der Waals surface area contributed by atoms with Crippen LogP contribution >= 0.6 is 0 Å². The number of hydrogen-bond donors (Lipinski definition) is 2. The molecule has 2 aromatic carbocycles. The standard InChI is InChI=1S/C20H23F2N3/c1-25(2)15-7-5-6-13(10-15)19-16(8-3-4-9-23)17-11-14(21)12-18(22)20(17)24-19/h5-7,10-12,24H,3-4,8-9,23H2,1-2H3. The van der Waals surface area contributed by atoms with Gasteiger partial charge >= 0.3 is 0 Å². The third-order valence-corrected chi connectivity index (χ3v) is 4.46. The molecule has 132 valence electrons. The van der Waals surface area contributed by atoms with Crippen LogP contribution in [0.3, 0.4) is 0 Å². The number of aromatic nitrogens is 1. The molecule has 0 amide bonds. The first kappa shape index (κ1) is 17.4. The fourth-order valence-electron chi connectivity index (χ4n) is 3.17. The van der Waals surface area contributed by atoms with E-state index in [0.29, 0.717) is 17.4 Å². The van der Waals surface area contributed by atoms with Gasteiger partial charge in [-0.2, -0.15) is 0 Å². The van der Waals surface area contributed by atoms with E-state index in [4.69, 9.17) is 5.73 Å². The highest BCUT2D eigenvalue weighted by molar-refractivity contribution is 5.91. The highest BCUT2D eigenvalue weighted by atomic mass is 19.1. The van der Waals surface area contributed by atoms with Gasteiger partial charge in [0.1, 0.15) is 11.6 Å². The lowest BCUT2D eigenvalue weighted by Gasteiger charge is -2.14. The number of unbranched alkanes of at least 4 members (excludes halogenated alkanes) is 1. The van der Waals surface area contributed by atoms with Crippen molar-refractivity contribution in [3.63, 3.8) is 0 Å². The molecule has 0 radical (unpaired) electrons. The van der Waals surface area contributed by atoms with Crippen molar-refractivity contribution in [3.8, 4) is 11.3 Å². The molecular weight excluding hydrogens is 320 g/mol. The van der Waals surface area contributed by atoms with E-state index in [1.807, 2.05) is 43.3 Å². The Balaban J connectivity index is 2.17. The smallest absolute Gasteiger partial charge is 0.150 e. The Bertz CT molecular complexity index is 884. The lowest BCUT2D eigenvalue weighted by atomic mass is 10.00. The largest absolute Gasteiger partial charge is 0.378 e. The number of benzene rings is 2. The molecule has 3 N–H and O–H groups in total. The highest BCUT2D eigenvalue weighted by Crippen LogP contribution is 2.34. The average molecular weight is 343 g/mol. The van der Waals surface area contributed by atoms with Gasteiger partial charge in [-0.1, -0.05) is 12.1 Å². The molecule has 3 nitrogen and oxygen atoms in total. The minimum absolute atomic E-state index is 0.356. The zero-order valence-corrected chi connectivity index (χ0v) is 14.6. The Morgan fingerprint density at radius 1 is 1.08 bits per heavy atom. The molecule has 0 aliphatic heterocycles. The van der Waals surface area contributed by atoms with Gasteiger partial charge in [-0.15, -0.1) is 0 Å². The first-order valence-electron chi connectivity index (χ1n) is 8.48. The van der Waals surface area contributed by atoms with Crippen molar-refractivity contribution in [1.82, 2.24) is 4.98 Å². The first-order valence-corrected chi connectivity index (χ1v) is 8.48. The van der Waals surface area contributed by atoms with Crippen LogP contribution in [-0.2, 0) is 6.42 Å². The van der Waals surface area contributed by atoms with Gasteiger partial charge in [0.05, 0.1) is 5.52 Å². The van der Waals surface area contributed by atoms with Gasteiger partial charge in [0.15, 0.2) is 0 Å². The zero-order valence-electron chi connectivity index (χ0n) is 14.6. The van der Waals surface area contributed by atoms with E-state index in [-0.39, 0.29) is 0 Å². The summed E-state index contributed by atoms with van der Waals surface area (Å²) in [6.07, 6.45) is 2.48. The Kier molecular flexibility index (Phi) is 5.04. The van der Waals surface area contributed by atoms with E-state index < -0.39 is 11.6 Å². The van der Waals surface area contributed by atoms with Gasteiger partial charge in [-0.25, -0.2) is 8.78 Å². The average Bonchev–Trinajstić information content (AvgIpc) is 2.94. The van der Waals surface area contributed by atoms with Gasteiger partial charge in [-0.05, 0) is 49.6 Å². The van der Waals surface area contributed by atoms with Gasteiger partial charge in [0.25, 0.3) is 0 Å². The molecule has 3 aromatic rings. The highest BCUT2D eigenvalue weighted by Gasteiger charge is 2.17. The summed E-state index contributed by atoms with van der Waals surface area (Å²) >= 11 is 0. The number of anilines is 1. The summed E-state index contributed by atoms with van der Waals surface area (Å²) in [4.78, 5) is 5.19. The van der Waals surface area contributed by atoms with Gasteiger partial charge in [0.2, 0.25) is 0 Å². The molecule has 0 atom stereocenters. The normalized spacial score (nSPS) is 11.2. The van der Waals surface area contributed by atoms with E-state index >= 15 is 0 Å². The molecule has 0 fully saturated rings. The maximum atomic E-state index is 14.3. The second kappa shape index (κ2) is 7.23. The van der Waals surface area contributed by atoms with Crippen molar-refractivity contribution in [2.75, 3.05) is 25.5 Å². The number of nitrogens with one attached hydrogen (secondary N) is 1. The van der Waals surface area contributed by atoms with Crippen LogP contribution in [0.25, 0.3) is 22.2 Å². The maximum absolute atomic E-state index is 14.3. The minimum Gasteiger partial charge on any atom is -0.378 e. The second-order valence-electron chi connectivity index (χ2n) is 6.48. The van der Waals surface area contributed by atoms with Crippen LogP contribution in [0.4, 0.5) is 14.5 Å². The molecule has 0 saturated carbocycles. The van der Waals surface area contributed by atoms with Gasteiger partial charge in [-0.3, -0.25) is 0 Å². The minimum atomic E-state index is -0.565. The molecule has 0 spiro atoms. The second-order valence-corrected chi connectivity index (χ2v) is 6.48. The molecule has 0 aliphatic rings. The van der Waals surface area contributed by atoms with Crippen LogP contribution in [0.1, 0.15) is 18.4 Å². The Labute approximate surface area is 146 Å². The predicted octanol–water partition coefficient (Wildman–Crippen LogP) is 4.46. The van der Waals surface area contributed by atoms with Crippen LogP contribution < -0.4 is 10.6 Å². The van der Waals surface area contributed by atoms with Crippen LogP contribution in [0.2, 0.25) is 0 Å². The maximum Gasteiger partial charge on any atom is 0.150 e. The van der Waals surface area contributed by atoms with Gasteiger partial charge < -0.3 is 15.6 Å². The number of hydrogen-bond acceptors (Lipinski definition) is 2. The van der Waals surface area contributed by atoms with Crippen LogP contribution in [0.15, 0.2) is 36.4 Å². The summed E-state index contributed by atoms with van der Waals surface area (Å²) in [5, 5.41) is 0.611. The number of rotatable bonds is 6. The van der Waals surface area contributed by atoms with Gasteiger partial charge in [0, 0.05) is 42.5 Å². The zero-order chi connectivity index (χ0) is 18.0. The van der Waals surface area contributed by atoms with E-state index in [2.05, 4.69) is 4.98 Å². The van der Waals surface area contributed by atoms with Crippen molar-refractivity contribution < 1.29 is 8.78 Å². The molecule has 1 aromatic heterocycles. The lowest BCUT2D eigenvalue weighted by Crippen LogP contribution is -2.08. The van der Waals surface area contributed by atoms with Crippen molar-refractivity contribution in [2.45, 2.75) is 19.3 Å². The number of halogens is 2. The topological polar surface area (TPSA) is 45.0 Å². The van der Waals surface area contributed by atoms with E-state index in [0.717, 1.165) is 47.8 Å². The molecule has 5 heteroatoms. The first-order chi connectivity index (χ1) is 12.0. The number of aryl methyl sites for hydroxylation is 1. The van der Waals surface area contributed by atoms with Crippen molar-refractivity contribution in [2.24, 2.45) is 5.73 Å². The van der Waals surface area contributed by atoms with E-state index in [9.17, 15) is 8.78 Å². The van der Waals surface area contributed by atoms with Crippen LogP contribution in [-0.4, -0.2) is 25.6 Å². The molecular formula is C20H23F2N3. The Hall–Kier alpha value is -2.40. The molecule has 0 saturated heterocycles.